The Balaban J connectivity index is 2.78. The zero-order valence-corrected chi connectivity index (χ0v) is 8.64. The second-order valence-corrected chi connectivity index (χ2v) is 3.63. The maximum absolute atomic E-state index is 13.1. The van der Waals surface area contributed by atoms with E-state index in [1.807, 2.05) is 0 Å². The number of halogens is 3. The van der Waals surface area contributed by atoms with Gasteiger partial charge in [-0.1, -0.05) is 6.92 Å². The quantitative estimate of drug-likeness (QED) is 0.866. The minimum Gasteiger partial charge on any atom is -0.481 e. The summed E-state index contributed by atoms with van der Waals surface area (Å²) in [6.45, 7) is 1.45. The Bertz CT molecular complexity index is 381. The lowest BCUT2D eigenvalue weighted by Crippen LogP contribution is -2.11. The predicted octanol–water partition coefficient (Wildman–Crippen LogP) is 2.76. The standard InChI is InChI=1S/C11H11F3O2/c1-6(11(15)16)2-3-8-9(13)4-7(12)5-10(8)14/h4-6H,2-3H2,1H3,(H,15,16). The maximum atomic E-state index is 13.1. The molecule has 0 aromatic heterocycles. The van der Waals surface area contributed by atoms with E-state index in [9.17, 15) is 18.0 Å². The Hall–Kier alpha value is -1.52. The Morgan fingerprint density at radius 3 is 2.25 bits per heavy atom. The summed E-state index contributed by atoms with van der Waals surface area (Å²) in [6.07, 6.45) is 0.0419. The molecule has 1 unspecified atom stereocenters. The molecule has 16 heavy (non-hydrogen) atoms. The fourth-order valence-electron chi connectivity index (χ4n) is 1.30. The van der Waals surface area contributed by atoms with Crippen LogP contribution in [-0.4, -0.2) is 11.1 Å². The maximum Gasteiger partial charge on any atom is 0.306 e. The van der Waals surface area contributed by atoms with Gasteiger partial charge in [0.2, 0.25) is 0 Å². The van der Waals surface area contributed by atoms with E-state index >= 15 is 0 Å². The molecule has 0 aliphatic heterocycles. The van der Waals surface area contributed by atoms with Crippen molar-refractivity contribution < 1.29 is 23.1 Å². The van der Waals surface area contributed by atoms with Crippen LogP contribution in [0.1, 0.15) is 18.9 Å². The van der Waals surface area contributed by atoms with Gasteiger partial charge in [-0.25, -0.2) is 13.2 Å². The Kier molecular flexibility index (Phi) is 3.93. The van der Waals surface area contributed by atoms with Crippen molar-refractivity contribution in [3.05, 3.63) is 35.1 Å². The van der Waals surface area contributed by atoms with E-state index in [-0.39, 0.29) is 18.4 Å². The van der Waals surface area contributed by atoms with Crippen molar-refractivity contribution in [3.8, 4) is 0 Å². The van der Waals surface area contributed by atoms with Crippen LogP contribution in [0.25, 0.3) is 0 Å². The minimum absolute atomic E-state index is 0.0641. The van der Waals surface area contributed by atoms with Gasteiger partial charge in [0.15, 0.2) is 0 Å². The van der Waals surface area contributed by atoms with E-state index in [0.717, 1.165) is 0 Å². The lowest BCUT2D eigenvalue weighted by atomic mass is 10.0. The summed E-state index contributed by atoms with van der Waals surface area (Å²) in [5, 5.41) is 8.60. The lowest BCUT2D eigenvalue weighted by molar-refractivity contribution is -0.141. The van der Waals surface area contributed by atoms with Crippen LogP contribution in [0, 0.1) is 23.4 Å². The molecule has 5 heteroatoms. The fraction of sp³-hybridized carbons (Fsp3) is 0.364. The second kappa shape index (κ2) is 5.01. The molecule has 0 heterocycles. The monoisotopic (exact) mass is 232 g/mol. The molecule has 0 aliphatic rings. The van der Waals surface area contributed by atoms with Gasteiger partial charge in [0.05, 0.1) is 5.92 Å². The zero-order chi connectivity index (χ0) is 12.3. The molecule has 0 radical (unpaired) electrons. The first-order valence-electron chi connectivity index (χ1n) is 4.78. The highest BCUT2D eigenvalue weighted by atomic mass is 19.1. The van der Waals surface area contributed by atoms with E-state index in [1.54, 1.807) is 0 Å². The summed E-state index contributed by atoms with van der Waals surface area (Å²) in [4.78, 5) is 10.5. The SMILES string of the molecule is CC(CCc1c(F)cc(F)cc1F)C(=O)O. The molecule has 1 rings (SSSR count). The fourth-order valence-corrected chi connectivity index (χ4v) is 1.30. The Morgan fingerprint density at radius 1 is 1.31 bits per heavy atom. The smallest absolute Gasteiger partial charge is 0.306 e. The molecule has 2 nitrogen and oxygen atoms in total. The summed E-state index contributed by atoms with van der Waals surface area (Å²) < 4.78 is 38.8. The van der Waals surface area contributed by atoms with E-state index in [1.165, 1.54) is 6.92 Å². The van der Waals surface area contributed by atoms with Gasteiger partial charge in [-0.3, -0.25) is 4.79 Å². The number of carbonyl (C=O) groups is 1. The molecule has 1 N–H and O–H groups in total. The molecule has 0 aliphatic carbocycles. The molecule has 1 aromatic carbocycles. The van der Waals surface area contributed by atoms with Crippen molar-refractivity contribution in [1.29, 1.82) is 0 Å². The van der Waals surface area contributed by atoms with Crippen molar-refractivity contribution >= 4 is 5.97 Å². The second-order valence-electron chi connectivity index (χ2n) is 3.63. The number of carboxylic acid groups (broad SMARTS) is 1. The van der Waals surface area contributed by atoms with E-state index in [2.05, 4.69) is 0 Å². The van der Waals surface area contributed by atoms with Crippen LogP contribution in [-0.2, 0) is 11.2 Å². The Morgan fingerprint density at radius 2 is 1.81 bits per heavy atom. The topological polar surface area (TPSA) is 37.3 Å². The first kappa shape index (κ1) is 12.5. The number of hydrogen-bond donors (Lipinski definition) is 1. The van der Waals surface area contributed by atoms with Crippen molar-refractivity contribution in [2.24, 2.45) is 5.92 Å². The zero-order valence-electron chi connectivity index (χ0n) is 8.64. The molecule has 88 valence electrons. The molecular weight excluding hydrogens is 221 g/mol. The molecule has 0 spiro atoms. The van der Waals surface area contributed by atoms with Crippen molar-refractivity contribution in [2.75, 3.05) is 0 Å². The normalized spacial score (nSPS) is 12.5. The summed E-state index contributed by atoms with van der Waals surface area (Å²) in [6, 6.07) is 1.17. The van der Waals surface area contributed by atoms with Crippen LogP contribution in [0.15, 0.2) is 12.1 Å². The number of aliphatic carboxylic acids is 1. The van der Waals surface area contributed by atoms with E-state index in [0.29, 0.717) is 12.1 Å². The van der Waals surface area contributed by atoms with Gasteiger partial charge >= 0.3 is 5.97 Å². The van der Waals surface area contributed by atoms with E-state index < -0.39 is 29.3 Å². The molecule has 0 amide bonds. The average molecular weight is 232 g/mol. The first-order valence-corrected chi connectivity index (χ1v) is 4.78. The predicted molar refractivity (Wildman–Crippen MR) is 51.4 cm³/mol. The number of hydrogen-bond acceptors (Lipinski definition) is 1. The summed E-state index contributed by atoms with van der Waals surface area (Å²) in [5.41, 5.74) is -0.269. The van der Waals surface area contributed by atoms with Crippen molar-refractivity contribution in [1.82, 2.24) is 0 Å². The highest BCUT2D eigenvalue weighted by molar-refractivity contribution is 5.69. The van der Waals surface area contributed by atoms with Gasteiger partial charge in [0.1, 0.15) is 17.5 Å². The molecule has 0 bridgehead atoms. The summed E-state index contributed by atoms with van der Waals surface area (Å²) in [7, 11) is 0. The van der Waals surface area contributed by atoms with Crippen LogP contribution in [0.5, 0.6) is 0 Å². The molecule has 0 saturated carbocycles. The van der Waals surface area contributed by atoms with Crippen molar-refractivity contribution in [3.63, 3.8) is 0 Å². The lowest BCUT2D eigenvalue weighted by Gasteiger charge is -2.08. The van der Waals surface area contributed by atoms with Gasteiger partial charge in [-0.05, 0) is 12.8 Å². The van der Waals surface area contributed by atoms with Gasteiger partial charge < -0.3 is 5.11 Å². The van der Waals surface area contributed by atoms with Gasteiger partial charge in [0, 0.05) is 17.7 Å². The van der Waals surface area contributed by atoms with E-state index in [4.69, 9.17) is 5.11 Å². The highest BCUT2D eigenvalue weighted by Crippen LogP contribution is 2.18. The summed E-state index contributed by atoms with van der Waals surface area (Å²) in [5.74, 6) is -4.65. The molecule has 1 atom stereocenters. The first-order chi connectivity index (χ1) is 7.41. The highest BCUT2D eigenvalue weighted by Gasteiger charge is 2.15. The third-order valence-corrected chi connectivity index (χ3v) is 2.35. The van der Waals surface area contributed by atoms with Crippen LogP contribution in [0.2, 0.25) is 0 Å². The van der Waals surface area contributed by atoms with Crippen LogP contribution in [0.4, 0.5) is 13.2 Å². The third kappa shape index (κ3) is 2.98. The average Bonchev–Trinajstić information content (AvgIpc) is 2.15. The number of benzene rings is 1. The Labute approximate surface area is 90.7 Å². The largest absolute Gasteiger partial charge is 0.481 e. The van der Waals surface area contributed by atoms with Gasteiger partial charge in [0.25, 0.3) is 0 Å². The van der Waals surface area contributed by atoms with Gasteiger partial charge in [-0.15, -0.1) is 0 Å². The molecule has 0 saturated heterocycles. The molecule has 0 fully saturated rings. The number of carboxylic acids is 1. The van der Waals surface area contributed by atoms with Crippen LogP contribution >= 0.6 is 0 Å². The van der Waals surface area contributed by atoms with Crippen LogP contribution < -0.4 is 0 Å². The third-order valence-electron chi connectivity index (χ3n) is 2.35. The molecule has 1 aromatic rings. The van der Waals surface area contributed by atoms with Crippen molar-refractivity contribution in [2.45, 2.75) is 19.8 Å². The van der Waals surface area contributed by atoms with Gasteiger partial charge in [-0.2, -0.15) is 0 Å². The minimum atomic E-state index is -1.03. The number of rotatable bonds is 4. The van der Waals surface area contributed by atoms with Crippen LogP contribution in [0.3, 0.4) is 0 Å². The molecular formula is C11H11F3O2. The summed E-state index contributed by atoms with van der Waals surface area (Å²) >= 11 is 0.